The van der Waals surface area contributed by atoms with Crippen molar-refractivity contribution in [1.29, 1.82) is 0 Å². The van der Waals surface area contributed by atoms with Gasteiger partial charge in [0.05, 0.1) is 22.1 Å². The molecule has 0 fully saturated rings. The van der Waals surface area contributed by atoms with Gasteiger partial charge in [-0.3, -0.25) is 29.8 Å². The summed E-state index contributed by atoms with van der Waals surface area (Å²) in [6.07, 6.45) is 4.31. The van der Waals surface area contributed by atoms with Crippen molar-refractivity contribution in [3.05, 3.63) is 62.2 Å². The molecule has 3 aromatic rings. The van der Waals surface area contributed by atoms with Crippen molar-refractivity contribution < 1.29 is 9.59 Å². The molecular formula is C20H20N4O3S. The van der Waals surface area contributed by atoms with Gasteiger partial charge < -0.3 is 0 Å². The smallest absolute Gasteiger partial charge is 0.279 e. The van der Waals surface area contributed by atoms with Gasteiger partial charge in [-0.25, -0.2) is 4.98 Å². The van der Waals surface area contributed by atoms with Gasteiger partial charge in [0.2, 0.25) is 0 Å². The molecule has 1 atom stereocenters. The summed E-state index contributed by atoms with van der Waals surface area (Å²) in [4.78, 5) is 42.7. The first-order valence-corrected chi connectivity index (χ1v) is 9.98. The van der Waals surface area contributed by atoms with Crippen LogP contribution in [0.2, 0.25) is 0 Å². The van der Waals surface area contributed by atoms with Crippen molar-refractivity contribution in [3.8, 4) is 0 Å². The molecule has 2 N–H and O–H groups in total. The molecule has 1 aromatic carbocycles. The molecule has 8 heteroatoms. The number of nitrogens with zero attached hydrogens (tertiary/aromatic N) is 2. The number of hydrogen-bond donors (Lipinski definition) is 2. The standard InChI is InChI=1S/C20H20N4O3S/c1-12-6-7-16-13(8-12)9-17(28-16)20(27)23-22-18(25)11-24-15-5-3-2-4-14(15)21-10-19(24)26/h2-5,9-10,12H,6-8,11H2,1H3,(H,22,25)(H,23,27). The molecule has 2 amide bonds. The molecule has 0 aliphatic heterocycles. The molecule has 144 valence electrons. The molecule has 1 unspecified atom stereocenters. The molecule has 0 radical (unpaired) electrons. The van der Waals surface area contributed by atoms with Gasteiger partial charge in [0, 0.05) is 4.88 Å². The lowest BCUT2D eigenvalue weighted by Crippen LogP contribution is -2.44. The maximum Gasteiger partial charge on any atom is 0.279 e. The third kappa shape index (κ3) is 3.68. The zero-order chi connectivity index (χ0) is 19.7. The predicted octanol–water partition coefficient (Wildman–Crippen LogP) is 2.04. The van der Waals surface area contributed by atoms with Gasteiger partial charge in [-0.05, 0) is 48.9 Å². The number of thiophene rings is 1. The first-order valence-electron chi connectivity index (χ1n) is 9.16. The minimum atomic E-state index is -0.484. The molecule has 4 rings (SSSR count). The molecule has 0 bridgehead atoms. The van der Waals surface area contributed by atoms with Crippen LogP contribution in [0.3, 0.4) is 0 Å². The largest absolute Gasteiger partial charge is 0.296 e. The predicted molar refractivity (Wildman–Crippen MR) is 107 cm³/mol. The van der Waals surface area contributed by atoms with Crippen LogP contribution in [0.15, 0.2) is 41.3 Å². The van der Waals surface area contributed by atoms with E-state index in [1.807, 2.05) is 12.1 Å². The fourth-order valence-corrected chi connectivity index (χ4v) is 4.57. The minimum Gasteiger partial charge on any atom is -0.296 e. The van der Waals surface area contributed by atoms with Crippen molar-refractivity contribution >= 4 is 34.2 Å². The van der Waals surface area contributed by atoms with Crippen molar-refractivity contribution in [1.82, 2.24) is 20.4 Å². The van der Waals surface area contributed by atoms with Crippen LogP contribution in [-0.2, 0) is 24.2 Å². The summed E-state index contributed by atoms with van der Waals surface area (Å²) in [6.45, 7) is 2.01. The fourth-order valence-electron chi connectivity index (χ4n) is 3.47. The van der Waals surface area contributed by atoms with Gasteiger partial charge >= 0.3 is 0 Å². The average Bonchev–Trinajstić information content (AvgIpc) is 3.11. The second kappa shape index (κ2) is 7.55. The van der Waals surface area contributed by atoms with Crippen LogP contribution in [0.5, 0.6) is 0 Å². The molecule has 28 heavy (non-hydrogen) atoms. The van der Waals surface area contributed by atoms with Gasteiger partial charge in [-0.15, -0.1) is 11.3 Å². The van der Waals surface area contributed by atoms with Crippen LogP contribution in [0.4, 0.5) is 0 Å². The number of carbonyl (C=O) groups is 2. The maximum atomic E-state index is 12.4. The fraction of sp³-hybridized carbons (Fsp3) is 0.300. The van der Waals surface area contributed by atoms with E-state index in [0.29, 0.717) is 21.8 Å². The molecule has 7 nitrogen and oxygen atoms in total. The molecule has 1 aliphatic carbocycles. The molecule has 0 spiro atoms. The lowest BCUT2D eigenvalue weighted by Gasteiger charge is -2.16. The highest BCUT2D eigenvalue weighted by atomic mass is 32.1. The first-order chi connectivity index (χ1) is 13.5. The normalized spacial score (nSPS) is 15.8. The zero-order valence-corrected chi connectivity index (χ0v) is 16.2. The van der Waals surface area contributed by atoms with Crippen LogP contribution >= 0.6 is 11.3 Å². The van der Waals surface area contributed by atoms with Crippen LogP contribution < -0.4 is 16.4 Å². The van der Waals surface area contributed by atoms with Gasteiger partial charge in [-0.2, -0.15) is 0 Å². The third-order valence-electron chi connectivity index (χ3n) is 4.92. The summed E-state index contributed by atoms with van der Waals surface area (Å²) in [6, 6.07) is 9.00. The van der Waals surface area contributed by atoms with Crippen molar-refractivity contribution in [2.75, 3.05) is 0 Å². The van der Waals surface area contributed by atoms with E-state index >= 15 is 0 Å². The Balaban J connectivity index is 1.42. The summed E-state index contributed by atoms with van der Waals surface area (Å²) >= 11 is 1.48. The Labute approximate surface area is 165 Å². The minimum absolute atomic E-state index is 0.208. The summed E-state index contributed by atoms with van der Waals surface area (Å²) in [7, 11) is 0. The Kier molecular flexibility index (Phi) is 4.95. The SMILES string of the molecule is CC1CCc2sc(C(=O)NNC(=O)Cn3c(=O)cnc4ccccc43)cc2C1. The Morgan fingerprint density at radius 2 is 2.11 bits per heavy atom. The van der Waals surface area contributed by atoms with E-state index in [0.717, 1.165) is 19.3 Å². The average molecular weight is 396 g/mol. The molecule has 0 saturated heterocycles. The second-order valence-corrected chi connectivity index (χ2v) is 8.22. The van der Waals surface area contributed by atoms with Gasteiger partial charge in [0.1, 0.15) is 6.54 Å². The van der Waals surface area contributed by atoms with E-state index in [4.69, 9.17) is 0 Å². The van der Waals surface area contributed by atoms with Crippen LogP contribution in [-0.4, -0.2) is 21.4 Å². The number of amides is 2. The third-order valence-corrected chi connectivity index (χ3v) is 6.16. The molecular weight excluding hydrogens is 376 g/mol. The number of aryl methyl sites for hydroxylation is 1. The van der Waals surface area contributed by atoms with E-state index in [9.17, 15) is 14.4 Å². The maximum absolute atomic E-state index is 12.4. The highest BCUT2D eigenvalue weighted by molar-refractivity contribution is 7.14. The number of nitrogens with one attached hydrogen (secondary N) is 2. The number of aromatic nitrogens is 2. The number of rotatable bonds is 3. The van der Waals surface area contributed by atoms with Crippen molar-refractivity contribution in [3.63, 3.8) is 0 Å². The summed E-state index contributed by atoms with van der Waals surface area (Å²) in [5.41, 5.74) is 6.89. The Hall–Kier alpha value is -3.00. The van der Waals surface area contributed by atoms with Crippen molar-refractivity contribution in [2.45, 2.75) is 32.7 Å². The van der Waals surface area contributed by atoms with E-state index in [1.54, 1.807) is 18.2 Å². The Morgan fingerprint density at radius 3 is 2.96 bits per heavy atom. The molecule has 2 aromatic heterocycles. The van der Waals surface area contributed by atoms with E-state index < -0.39 is 5.91 Å². The molecule has 2 heterocycles. The number of benzene rings is 1. The van der Waals surface area contributed by atoms with E-state index in [-0.39, 0.29) is 18.0 Å². The highest BCUT2D eigenvalue weighted by Gasteiger charge is 2.21. The van der Waals surface area contributed by atoms with Gasteiger partial charge in [0.25, 0.3) is 17.4 Å². The van der Waals surface area contributed by atoms with Crippen LogP contribution in [0.1, 0.15) is 33.5 Å². The Morgan fingerprint density at radius 1 is 1.29 bits per heavy atom. The number of hydrogen-bond acceptors (Lipinski definition) is 5. The topological polar surface area (TPSA) is 93.1 Å². The number of carbonyl (C=O) groups excluding carboxylic acids is 2. The van der Waals surface area contributed by atoms with Gasteiger partial charge in [-0.1, -0.05) is 19.1 Å². The number of fused-ring (bicyclic) bond motifs is 2. The Bertz CT molecular complexity index is 1120. The quantitative estimate of drug-likeness (QED) is 0.663. The zero-order valence-electron chi connectivity index (χ0n) is 15.4. The lowest BCUT2D eigenvalue weighted by molar-refractivity contribution is -0.122. The first kappa shape index (κ1) is 18.4. The lowest BCUT2D eigenvalue weighted by atomic mass is 9.90. The summed E-state index contributed by atoms with van der Waals surface area (Å²) in [5.74, 6) is -0.194. The van der Waals surface area contributed by atoms with Gasteiger partial charge in [0.15, 0.2) is 0 Å². The number of hydrazine groups is 1. The monoisotopic (exact) mass is 396 g/mol. The second-order valence-electron chi connectivity index (χ2n) is 7.08. The summed E-state index contributed by atoms with van der Waals surface area (Å²) in [5, 5.41) is 0. The van der Waals surface area contributed by atoms with Crippen molar-refractivity contribution in [2.24, 2.45) is 5.92 Å². The van der Waals surface area contributed by atoms with Crippen LogP contribution in [0.25, 0.3) is 11.0 Å². The van der Waals surface area contributed by atoms with E-state index in [1.165, 1.54) is 32.5 Å². The summed E-state index contributed by atoms with van der Waals surface area (Å²) < 4.78 is 1.33. The van der Waals surface area contributed by atoms with E-state index in [2.05, 4.69) is 22.8 Å². The molecule has 0 saturated carbocycles. The van der Waals surface area contributed by atoms with Crippen LogP contribution in [0, 0.1) is 5.92 Å². The molecule has 1 aliphatic rings. The number of para-hydroxylation sites is 2. The highest BCUT2D eigenvalue weighted by Crippen LogP contribution is 2.32.